The van der Waals surface area contributed by atoms with Crippen molar-refractivity contribution in [2.24, 2.45) is 0 Å². The van der Waals surface area contributed by atoms with Gasteiger partial charge >= 0.3 is 0 Å². The van der Waals surface area contributed by atoms with Gasteiger partial charge in [-0.25, -0.2) is 0 Å². The summed E-state index contributed by atoms with van der Waals surface area (Å²) in [7, 11) is 0. The zero-order valence-electron chi connectivity index (χ0n) is 11.4. The number of amides is 1. The van der Waals surface area contributed by atoms with Gasteiger partial charge in [0.15, 0.2) is 0 Å². The lowest BCUT2D eigenvalue weighted by molar-refractivity contribution is -0.384. The molecule has 2 rings (SSSR count). The number of nitrogens with two attached hydrogens (primary N) is 1. The maximum absolute atomic E-state index is 11.9. The summed E-state index contributed by atoms with van der Waals surface area (Å²) in [6.45, 7) is 0.395. The summed E-state index contributed by atoms with van der Waals surface area (Å²) in [5.41, 5.74) is -0.260. The van der Waals surface area contributed by atoms with Crippen LogP contribution < -0.4 is 15.9 Å². The number of para-hydroxylation sites is 1. The van der Waals surface area contributed by atoms with Crippen molar-refractivity contribution in [3.8, 4) is 5.75 Å². The highest BCUT2D eigenvalue weighted by atomic mass is 35.5. The molecule has 0 fully saturated rings. The van der Waals surface area contributed by atoms with Gasteiger partial charge in [0, 0.05) is 6.07 Å². The quantitative estimate of drug-likeness (QED) is 0.362. The lowest BCUT2D eigenvalue weighted by atomic mass is 10.3. The summed E-state index contributed by atoms with van der Waals surface area (Å²) in [5.74, 6) is 5.48. The topological polar surface area (TPSA) is 112 Å². The molecule has 0 radical (unpaired) electrons. The molecule has 1 aromatic carbocycles. The van der Waals surface area contributed by atoms with E-state index in [1.165, 1.54) is 0 Å². The number of aromatic nitrogens is 1. The van der Waals surface area contributed by atoms with Crippen LogP contribution in [-0.4, -0.2) is 28.7 Å². The van der Waals surface area contributed by atoms with E-state index in [1.807, 2.05) is 0 Å². The van der Waals surface area contributed by atoms with Crippen LogP contribution in [0.2, 0.25) is 5.02 Å². The van der Waals surface area contributed by atoms with Crippen molar-refractivity contribution in [2.45, 2.75) is 0 Å². The first-order valence-electron chi connectivity index (χ1n) is 6.26. The van der Waals surface area contributed by atoms with Gasteiger partial charge in [0.25, 0.3) is 11.6 Å². The maximum atomic E-state index is 11.9. The molecule has 2 aromatic rings. The maximum Gasteiger partial charge on any atom is 0.289 e. The van der Waals surface area contributed by atoms with E-state index in [1.54, 1.807) is 24.3 Å². The molecule has 116 valence electrons. The Kier molecular flexibility index (Phi) is 4.84. The molecular weight excluding hydrogens is 312 g/mol. The van der Waals surface area contributed by atoms with Crippen LogP contribution in [-0.2, 0) is 0 Å². The molecule has 0 aliphatic rings. The Morgan fingerprint density at radius 1 is 1.45 bits per heavy atom. The number of nitrogens with zero attached hydrogens (tertiary/aromatic N) is 2. The third kappa shape index (κ3) is 3.67. The summed E-state index contributed by atoms with van der Waals surface area (Å²) in [6.07, 6.45) is 1.06. The SMILES string of the molecule is Nn1cc([N+](=O)[O-])cc1C(=O)NCCOc1ccccc1Cl. The fourth-order valence-electron chi connectivity index (χ4n) is 1.72. The monoisotopic (exact) mass is 324 g/mol. The molecule has 1 aromatic heterocycles. The Morgan fingerprint density at radius 2 is 2.18 bits per heavy atom. The molecular formula is C13H13ClN4O4. The van der Waals surface area contributed by atoms with Gasteiger partial charge in [-0.1, -0.05) is 23.7 Å². The van der Waals surface area contributed by atoms with Crippen LogP contribution in [0.25, 0.3) is 0 Å². The second-order valence-corrected chi connectivity index (χ2v) is 4.69. The minimum Gasteiger partial charge on any atom is -0.490 e. The average molecular weight is 325 g/mol. The van der Waals surface area contributed by atoms with Crippen LogP contribution in [0.3, 0.4) is 0 Å². The fourth-order valence-corrected chi connectivity index (χ4v) is 1.91. The van der Waals surface area contributed by atoms with Crippen LogP contribution in [0.15, 0.2) is 36.5 Å². The fraction of sp³-hybridized carbons (Fsp3) is 0.154. The molecule has 0 aliphatic carbocycles. The summed E-state index contributed by atoms with van der Waals surface area (Å²) < 4.78 is 6.31. The smallest absolute Gasteiger partial charge is 0.289 e. The highest BCUT2D eigenvalue weighted by Crippen LogP contribution is 2.22. The minimum atomic E-state index is -0.624. The van der Waals surface area contributed by atoms with E-state index in [0.29, 0.717) is 10.8 Å². The van der Waals surface area contributed by atoms with E-state index in [2.05, 4.69) is 5.32 Å². The van der Waals surface area contributed by atoms with E-state index in [4.69, 9.17) is 22.2 Å². The van der Waals surface area contributed by atoms with Crippen molar-refractivity contribution in [1.82, 2.24) is 9.99 Å². The molecule has 8 nitrogen and oxygen atoms in total. The zero-order valence-corrected chi connectivity index (χ0v) is 12.1. The largest absolute Gasteiger partial charge is 0.490 e. The van der Waals surface area contributed by atoms with E-state index in [0.717, 1.165) is 16.9 Å². The van der Waals surface area contributed by atoms with Gasteiger partial charge < -0.3 is 15.9 Å². The number of hydrogen-bond donors (Lipinski definition) is 2. The number of nitrogens with one attached hydrogen (secondary N) is 1. The van der Waals surface area contributed by atoms with Crippen molar-refractivity contribution in [2.75, 3.05) is 19.0 Å². The number of benzene rings is 1. The molecule has 22 heavy (non-hydrogen) atoms. The van der Waals surface area contributed by atoms with Crippen LogP contribution in [0.5, 0.6) is 5.75 Å². The molecule has 0 saturated carbocycles. The average Bonchev–Trinajstić information content (AvgIpc) is 2.87. The standard InChI is InChI=1S/C13H13ClN4O4/c14-10-3-1-2-4-12(10)22-6-5-16-13(19)11-7-9(18(20)21)8-17(11)15/h1-4,7-8H,5-6,15H2,(H,16,19). The van der Waals surface area contributed by atoms with Crippen LogP contribution in [0, 0.1) is 10.1 Å². The normalized spacial score (nSPS) is 10.2. The Hall–Kier alpha value is -2.74. The van der Waals surface area contributed by atoms with E-state index < -0.39 is 10.8 Å². The third-order valence-electron chi connectivity index (χ3n) is 2.76. The molecule has 0 bridgehead atoms. The molecule has 0 atom stereocenters. The van der Waals surface area contributed by atoms with Crippen molar-refractivity contribution < 1.29 is 14.5 Å². The number of ether oxygens (including phenoxy) is 1. The number of nitro groups is 1. The second-order valence-electron chi connectivity index (χ2n) is 4.28. The van der Waals surface area contributed by atoms with Crippen molar-refractivity contribution in [3.63, 3.8) is 0 Å². The lowest BCUT2D eigenvalue weighted by Gasteiger charge is -2.09. The van der Waals surface area contributed by atoms with E-state index in [-0.39, 0.29) is 24.5 Å². The van der Waals surface area contributed by atoms with Crippen LogP contribution >= 0.6 is 11.6 Å². The second kappa shape index (κ2) is 6.81. The third-order valence-corrected chi connectivity index (χ3v) is 3.07. The van der Waals surface area contributed by atoms with Gasteiger partial charge in [-0.2, -0.15) is 0 Å². The van der Waals surface area contributed by atoms with E-state index >= 15 is 0 Å². The van der Waals surface area contributed by atoms with Gasteiger partial charge in [-0.15, -0.1) is 0 Å². The van der Waals surface area contributed by atoms with Gasteiger partial charge in [0.05, 0.1) is 16.5 Å². The molecule has 0 saturated heterocycles. The lowest BCUT2D eigenvalue weighted by Crippen LogP contribution is -2.31. The Balaban J connectivity index is 1.86. The first-order valence-corrected chi connectivity index (χ1v) is 6.64. The predicted molar refractivity (Wildman–Crippen MR) is 80.5 cm³/mol. The first-order chi connectivity index (χ1) is 10.5. The number of hydrogen-bond acceptors (Lipinski definition) is 5. The van der Waals surface area contributed by atoms with E-state index in [9.17, 15) is 14.9 Å². The highest BCUT2D eigenvalue weighted by Gasteiger charge is 2.17. The van der Waals surface area contributed by atoms with Gasteiger partial charge in [0.2, 0.25) is 0 Å². The molecule has 0 spiro atoms. The zero-order chi connectivity index (χ0) is 16.1. The Morgan fingerprint density at radius 3 is 2.82 bits per heavy atom. The number of nitrogen functional groups attached to an aromatic ring is 1. The van der Waals surface area contributed by atoms with Gasteiger partial charge in [0.1, 0.15) is 24.2 Å². The Bertz CT molecular complexity index is 701. The molecule has 0 aliphatic heterocycles. The molecule has 0 unspecified atom stereocenters. The van der Waals surface area contributed by atoms with Crippen molar-refractivity contribution in [1.29, 1.82) is 0 Å². The van der Waals surface area contributed by atoms with Crippen molar-refractivity contribution >= 4 is 23.2 Å². The number of rotatable bonds is 6. The van der Waals surface area contributed by atoms with Crippen LogP contribution in [0.1, 0.15) is 10.5 Å². The summed E-state index contributed by atoms with van der Waals surface area (Å²) in [6, 6.07) is 8.05. The summed E-state index contributed by atoms with van der Waals surface area (Å²) >= 11 is 5.92. The molecule has 1 heterocycles. The number of carbonyl (C=O) groups excluding carboxylic acids is 1. The predicted octanol–water partition coefficient (Wildman–Crippen LogP) is 1.57. The minimum absolute atomic E-state index is 0.00977. The molecule has 3 N–H and O–H groups in total. The number of carbonyl (C=O) groups is 1. The Labute approximate surface area is 130 Å². The summed E-state index contributed by atoms with van der Waals surface area (Å²) in [4.78, 5) is 21.8. The molecule has 1 amide bonds. The van der Waals surface area contributed by atoms with Crippen LogP contribution in [0.4, 0.5) is 5.69 Å². The highest BCUT2D eigenvalue weighted by molar-refractivity contribution is 6.32. The summed E-state index contributed by atoms with van der Waals surface area (Å²) in [5, 5.41) is 13.6. The van der Waals surface area contributed by atoms with Gasteiger partial charge in [-0.05, 0) is 12.1 Å². The first kappa shape index (κ1) is 15.6. The van der Waals surface area contributed by atoms with Gasteiger partial charge in [-0.3, -0.25) is 19.6 Å². The van der Waals surface area contributed by atoms with Crippen molar-refractivity contribution in [3.05, 3.63) is 57.4 Å². The number of halogens is 1. The molecule has 9 heteroatoms.